The van der Waals surface area contributed by atoms with Gasteiger partial charge in [-0.15, -0.1) is 0 Å². The number of rotatable bonds is 6. The van der Waals surface area contributed by atoms with Crippen molar-refractivity contribution < 1.29 is 0 Å². The SMILES string of the molecule is CC(C)Cn1ncnc1CCCC(N)C(C)(C)C. The number of hydrogen-bond acceptors (Lipinski definition) is 3. The second kappa shape index (κ2) is 6.32. The molecule has 0 amide bonds. The molecule has 0 aliphatic carbocycles. The highest BCUT2D eigenvalue weighted by molar-refractivity contribution is 4.86. The molecule has 0 saturated heterocycles. The van der Waals surface area contributed by atoms with Gasteiger partial charge in [0.25, 0.3) is 0 Å². The Bertz CT molecular complexity index is 349. The molecule has 1 atom stereocenters. The first kappa shape index (κ1) is 15.2. The molecule has 4 heteroatoms. The zero-order chi connectivity index (χ0) is 13.8. The van der Waals surface area contributed by atoms with E-state index >= 15 is 0 Å². The number of aromatic nitrogens is 3. The molecule has 0 radical (unpaired) electrons. The van der Waals surface area contributed by atoms with Crippen LogP contribution in [0.5, 0.6) is 0 Å². The molecule has 2 N–H and O–H groups in total. The minimum absolute atomic E-state index is 0.186. The van der Waals surface area contributed by atoms with E-state index in [2.05, 4.69) is 44.7 Å². The minimum atomic E-state index is 0.186. The van der Waals surface area contributed by atoms with Crippen molar-refractivity contribution in [3.05, 3.63) is 12.2 Å². The van der Waals surface area contributed by atoms with Crippen LogP contribution in [0.15, 0.2) is 6.33 Å². The first-order chi connectivity index (χ1) is 8.30. The van der Waals surface area contributed by atoms with Gasteiger partial charge in [-0.3, -0.25) is 0 Å². The maximum absolute atomic E-state index is 6.17. The predicted octanol–water partition coefficient (Wildman–Crippen LogP) is 2.63. The number of nitrogens with two attached hydrogens (primary N) is 1. The molecular weight excluding hydrogens is 224 g/mol. The third kappa shape index (κ3) is 4.77. The Morgan fingerprint density at radius 1 is 1.33 bits per heavy atom. The first-order valence-corrected chi connectivity index (χ1v) is 6.93. The molecule has 1 aromatic rings. The van der Waals surface area contributed by atoms with E-state index in [0.29, 0.717) is 5.92 Å². The van der Waals surface area contributed by atoms with Gasteiger partial charge < -0.3 is 5.73 Å². The van der Waals surface area contributed by atoms with E-state index in [9.17, 15) is 0 Å². The van der Waals surface area contributed by atoms with Crippen LogP contribution in [-0.4, -0.2) is 20.8 Å². The van der Waals surface area contributed by atoms with Crippen LogP contribution in [0.3, 0.4) is 0 Å². The van der Waals surface area contributed by atoms with Crippen LogP contribution in [-0.2, 0) is 13.0 Å². The van der Waals surface area contributed by atoms with Crippen LogP contribution in [0.1, 0.15) is 53.3 Å². The summed E-state index contributed by atoms with van der Waals surface area (Å²) >= 11 is 0. The number of nitrogens with zero attached hydrogens (tertiary/aromatic N) is 3. The molecule has 4 nitrogen and oxygen atoms in total. The van der Waals surface area contributed by atoms with Crippen LogP contribution in [0.25, 0.3) is 0 Å². The second-order valence-corrected chi connectivity index (χ2v) is 6.62. The van der Waals surface area contributed by atoms with Crippen molar-refractivity contribution in [3.8, 4) is 0 Å². The summed E-state index contributed by atoms with van der Waals surface area (Å²) in [5, 5.41) is 4.28. The predicted molar refractivity (Wildman–Crippen MR) is 75.2 cm³/mol. The summed E-state index contributed by atoms with van der Waals surface area (Å²) < 4.78 is 2.02. The Balaban J connectivity index is 2.42. The van der Waals surface area contributed by atoms with Gasteiger partial charge in [0.2, 0.25) is 0 Å². The van der Waals surface area contributed by atoms with Crippen molar-refractivity contribution in [1.82, 2.24) is 14.8 Å². The van der Waals surface area contributed by atoms with E-state index in [-0.39, 0.29) is 11.5 Å². The highest BCUT2D eigenvalue weighted by atomic mass is 15.3. The summed E-state index contributed by atoms with van der Waals surface area (Å²) in [6.45, 7) is 11.9. The van der Waals surface area contributed by atoms with Gasteiger partial charge in [-0.25, -0.2) is 9.67 Å². The average Bonchev–Trinajstić information content (AvgIpc) is 2.63. The number of aryl methyl sites for hydroxylation is 1. The molecule has 1 heterocycles. The Morgan fingerprint density at radius 2 is 2.00 bits per heavy atom. The van der Waals surface area contributed by atoms with Crippen LogP contribution in [0.2, 0.25) is 0 Å². The third-order valence-electron chi connectivity index (χ3n) is 3.26. The third-order valence-corrected chi connectivity index (χ3v) is 3.26. The van der Waals surface area contributed by atoms with Crippen molar-refractivity contribution in [1.29, 1.82) is 0 Å². The maximum Gasteiger partial charge on any atom is 0.138 e. The lowest BCUT2D eigenvalue weighted by Crippen LogP contribution is -2.34. The molecule has 18 heavy (non-hydrogen) atoms. The summed E-state index contributed by atoms with van der Waals surface area (Å²) in [4.78, 5) is 4.34. The standard InChI is InChI=1S/C14H28N4/c1-11(2)9-18-13(16-10-17-18)8-6-7-12(15)14(3,4)5/h10-12H,6-9,15H2,1-5H3. The molecule has 0 aromatic carbocycles. The summed E-state index contributed by atoms with van der Waals surface area (Å²) in [7, 11) is 0. The van der Waals surface area contributed by atoms with E-state index < -0.39 is 0 Å². The van der Waals surface area contributed by atoms with E-state index in [1.54, 1.807) is 6.33 Å². The maximum atomic E-state index is 6.17. The highest BCUT2D eigenvalue weighted by Crippen LogP contribution is 2.21. The van der Waals surface area contributed by atoms with Gasteiger partial charge in [0, 0.05) is 19.0 Å². The molecular formula is C14H28N4. The smallest absolute Gasteiger partial charge is 0.138 e. The second-order valence-electron chi connectivity index (χ2n) is 6.62. The first-order valence-electron chi connectivity index (χ1n) is 6.93. The molecule has 1 unspecified atom stereocenters. The largest absolute Gasteiger partial charge is 0.327 e. The Kier molecular flexibility index (Phi) is 5.32. The zero-order valence-corrected chi connectivity index (χ0v) is 12.5. The minimum Gasteiger partial charge on any atom is -0.327 e. The van der Waals surface area contributed by atoms with Crippen LogP contribution >= 0.6 is 0 Å². The molecule has 0 fully saturated rings. The van der Waals surface area contributed by atoms with Gasteiger partial charge in [0.05, 0.1) is 0 Å². The van der Waals surface area contributed by atoms with Gasteiger partial charge in [-0.1, -0.05) is 34.6 Å². The zero-order valence-electron chi connectivity index (χ0n) is 12.5. The van der Waals surface area contributed by atoms with Gasteiger partial charge in [0.1, 0.15) is 12.2 Å². The van der Waals surface area contributed by atoms with E-state index in [1.807, 2.05) is 4.68 Å². The molecule has 0 saturated carbocycles. The van der Waals surface area contributed by atoms with Crippen molar-refractivity contribution in [2.24, 2.45) is 17.1 Å². The van der Waals surface area contributed by atoms with Gasteiger partial charge in [-0.05, 0) is 24.2 Å². The lowest BCUT2D eigenvalue weighted by Gasteiger charge is -2.26. The van der Waals surface area contributed by atoms with Gasteiger partial charge in [-0.2, -0.15) is 5.10 Å². The topological polar surface area (TPSA) is 56.7 Å². The monoisotopic (exact) mass is 252 g/mol. The van der Waals surface area contributed by atoms with Gasteiger partial charge in [0.15, 0.2) is 0 Å². The quantitative estimate of drug-likeness (QED) is 0.846. The normalized spacial score (nSPS) is 14.2. The molecule has 104 valence electrons. The molecule has 0 aliphatic rings. The van der Waals surface area contributed by atoms with Crippen molar-refractivity contribution in [3.63, 3.8) is 0 Å². The van der Waals surface area contributed by atoms with Crippen molar-refractivity contribution >= 4 is 0 Å². The van der Waals surface area contributed by atoms with Gasteiger partial charge >= 0.3 is 0 Å². The Labute approximate surface area is 111 Å². The van der Waals surface area contributed by atoms with Crippen LogP contribution in [0, 0.1) is 11.3 Å². The number of hydrogen-bond donors (Lipinski definition) is 1. The van der Waals surface area contributed by atoms with Crippen molar-refractivity contribution in [2.45, 2.75) is 66.5 Å². The van der Waals surface area contributed by atoms with Crippen molar-refractivity contribution in [2.75, 3.05) is 0 Å². The fraction of sp³-hybridized carbons (Fsp3) is 0.857. The molecule has 0 bridgehead atoms. The summed E-state index contributed by atoms with van der Waals surface area (Å²) in [5.74, 6) is 1.69. The molecule has 0 aliphatic heterocycles. The average molecular weight is 252 g/mol. The lowest BCUT2D eigenvalue weighted by molar-refractivity contribution is 0.300. The summed E-state index contributed by atoms with van der Waals surface area (Å²) in [6, 6.07) is 0.249. The summed E-state index contributed by atoms with van der Waals surface area (Å²) in [6.07, 6.45) is 4.74. The fourth-order valence-corrected chi connectivity index (χ4v) is 1.89. The fourth-order valence-electron chi connectivity index (χ4n) is 1.89. The van der Waals surface area contributed by atoms with Crippen LogP contribution < -0.4 is 5.73 Å². The van der Waals surface area contributed by atoms with E-state index in [4.69, 9.17) is 5.73 Å². The highest BCUT2D eigenvalue weighted by Gasteiger charge is 2.20. The molecule has 1 rings (SSSR count). The van der Waals surface area contributed by atoms with Crippen LogP contribution in [0.4, 0.5) is 0 Å². The molecule has 0 spiro atoms. The molecule has 1 aromatic heterocycles. The Morgan fingerprint density at radius 3 is 2.56 bits per heavy atom. The Hall–Kier alpha value is -0.900. The van der Waals surface area contributed by atoms with E-state index in [1.165, 1.54) is 0 Å². The lowest BCUT2D eigenvalue weighted by atomic mass is 9.84. The summed E-state index contributed by atoms with van der Waals surface area (Å²) in [5.41, 5.74) is 6.35. The van der Waals surface area contributed by atoms with E-state index in [0.717, 1.165) is 31.6 Å².